The maximum absolute atomic E-state index is 13.5. The summed E-state index contributed by atoms with van der Waals surface area (Å²) in [7, 11) is 4.47. The lowest BCUT2D eigenvalue weighted by Crippen LogP contribution is -2.43. The molecule has 3 aliphatic heterocycles. The van der Waals surface area contributed by atoms with Crippen LogP contribution in [0.2, 0.25) is 0 Å². The Kier molecular flexibility index (Phi) is 18.4. The molecule has 9 atom stereocenters. The zero-order valence-corrected chi connectivity index (χ0v) is 48.7. The fourth-order valence-electron chi connectivity index (χ4n) is 11.6. The van der Waals surface area contributed by atoms with Crippen molar-refractivity contribution < 1.29 is 66.7 Å². The first-order valence-electron chi connectivity index (χ1n) is 27.3. The number of ketones is 3. The summed E-state index contributed by atoms with van der Waals surface area (Å²) in [5.74, 6) is 1.59. The van der Waals surface area contributed by atoms with Gasteiger partial charge in [-0.1, -0.05) is 102 Å². The molecule has 2 saturated carbocycles. The third kappa shape index (κ3) is 12.3. The maximum atomic E-state index is 13.5. The Morgan fingerprint density at radius 1 is 0.713 bits per heavy atom. The number of carbonyl (C=O) groups is 6. The van der Waals surface area contributed by atoms with E-state index in [1.54, 1.807) is 57.6 Å². The topological polar surface area (TPSA) is 176 Å². The molecule has 4 aliphatic carbocycles. The van der Waals surface area contributed by atoms with E-state index >= 15 is 0 Å². The molecule has 0 amide bonds. The summed E-state index contributed by atoms with van der Waals surface area (Å²) >= 11 is 0. The SMILES string of the molecule is C=C(C)[C@H]1Cc2c(ccc3c2O[C@@H]2COc4cc(OC)c(OC)cc4[C@@H]2C3=O)O1.C=C/C=C/CC1=C(C)[C@@H](OC(=O)[C@@H]2[C@@H](/C=C(\C)C(=O)OC)C2(C)C)CC1=O.C=C/C=C\CC1=C(C)[C@@H](OC(=O)[C@@H]2[C@@H](C=C(C)C)C2(C)C)CC1=O. The van der Waals surface area contributed by atoms with Crippen molar-refractivity contribution in [2.75, 3.05) is 27.9 Å². The molecule has 0 bridgehead atoms. The highest BCUT2D eigenvalue weighted by Gasteiger charge is 2.63. The second-order valence-electron chi connectivity index (χ2n) is 23.0. The largest absolute Gasteiger partial charge is 0.493 e. The van der Waals surface area contributed by atoms with E-state index in [0.717, 1.165) is 39.2 Å². The Labute approximate surface area is 471 Å². The van der Waals surface area contributed by atoms with Crippen molar-refractivity contribution in [2.45, 2.75) is 132 Å². The summed E-state index contributed by atoms with van der Waals surface area (Å²) in [5.41, 5.74) is 7.74. The number of methoxy groups -OCH3 is 3. The fourth-order valence-corrected chi connectivity index (χ4v) is 11.6. The van der Waals surface area contributed by atoms with E-state index in [1.165, 1.54) is 12.7 Å². The summed E-state index contributed by atoms with van der Waals surface area (Å²) in [6.07, 6.45) is 15.5. The lowest BCUT2D eigenvalue weighted by atomic mass is 9.81. The molecule has 14 nitrogen and oxygen atoms in total. The number of rotatable bonds is 16. The van der Waals surface area contributed by atoms with Crippen LogP contribution in [0.4, 0.5) is 0 Å². The first kappa shape index (κ1) is 60.2. The van der Waals surface area contributed by atoms with Crippen LogP contribution in [-0.4, -0.2) is 87.6 Å². The molecule has 7 aliphatic rings. The molecule has 2 aromatic carbocycles. The van der Waals surface area contributed by atoms with Crippen molar-refractivity contribution in [1.82, 2.24) is 0 Å². The Morgan fingerprint density at radius 2 is 1.24 bits per heavy atom. The number of ether oxygens (including phenoxy) is 8. The molecule has 0 unspecified atom stereocenters. The van der Waals surface area contributed by atoms with Crippen LogP contribution >= 0.6 is 0 Å². The lowest BCUT2D eigenvalue weighted by molar-refractivity contribution is -0.151. The Morgan fingerprint density at radius 3 is 1.73 bits per heavy atom. The van der Waals surface area contributed by atoms with E-state index < -0.39 is 30.2 Å². The number of esters is 3. The average molecular weight is 1100 g/mol. The number of fused-ring (bicyclic) bond motifs is 6. The van der Waals surface area contributed by atoms with Gasteiger partial charge in [-0.15, -0.1) is 0 Å². The molecule has 0 radical (unpaired) electrons. The van der Waals surface area contributed by atoms with Crippen LogP contribution < -0.4 is 23.7 Å². The highest BCUT2D eigenvalue weighted by Crippen LogP contribution is 2.61. The van der Waals surface area contributed by atoms with E-state index in [2.05, 4.69) is 39.7 Å². The minimum absolute atomic E-state index is 0.0204. The average Bonchev–Trinajstić information content (AvgIpc) is 4.00. The molecule has 0 aromatic heterocycles. The summed E-state index contributed by atoms with van der Waals surface area (Å²) in [6.45, 7) is 31.1. The zero-order valence-electron chi connectivity index (χ0n) is 48.7. The molecule has 80 heavy (non-hydrogen) atoms. The highest BCUT2D eigenvalue weighted by molar-refractivity contribution is 6.06. The Balaban J connectivity index is 0.000000174. The maximum Gasteiger partial charge on any atom is 0.333 e. The van der Waals surface area contributed by atoms with Gasteiger partial charge in [0.2, 0.25) is 0 Å². The molecule has 2 aromatic rings. The molecular formula is C66H78O14. The van der Waals surface area contributed by atoms with Crippen LogP contribution in [0.1, 0.15) is 122 Å². The molecule has 9 rings (SSSR count). The third-order valence-electron chi connectivity index (χ3n) is 16.7. The van der Waals surface area contributed by atoms with Gasteiger partial charge in [0, 0.05) is 40.3 Å². The minimum atomic E-state index is -0.500. The molecule has 426 valence electrons. The number of hydrogen-bond acceptors (Lipinski definition) is 14. The highest BCUT2D eigenvalue weighted by atomic mass is 16.6. The van der Waals surface area contributed by atoms with Gasteiger partial charge in [0.25, 0.3) is 0 Å². The predicted molar refractivity (Wildman–Crippen MR) is 305 cm³/mol. The molecular weight excluding hydrogens is 1020 g/mol. The smallest absolute Gasteiger partial charge is 0.333 e. The summed E-state index contributed by atoms with van der Waals surface area (Å²) in [6, 6.07) is 7.23. The number of benzene rings is 2. The van der Waals surface area contributed by atoms with Crippen LogP contribution in [0.25, 0.3) is 0 Å². The number of carbonyl (C=O) groups excluding carboxylic acids is 6. The van der Waals surface area contributed by atoms with Gasteiger partial charge in [-0.3, -0.25) is 24.0 Å². The van der Waals surface area contributed by atoms with E-state index in [4.69, 9.17) is 37.9 Å². The van der Waals surface area contributed by atoms with Crippen LogP contribution in [0.3, 0.4) is 0 Å². The van der Waals surface area contributed by atoms with Gasteiger partial charge in [0.05, 0.1) is 57.5 Å². The van der Waals surface area contributed by atoms with Gasteiger partial charge in [0.15, 0.2) is 28.8 Å². The Bertz CT molecular complexity index is 3070. The summed E-state index contributed by atoms with van der Waals surface area (Å²) < 4.78 is 45.1. The van der Waals surface area contributed by atoms with Crippen LogP contribution in [0.5, 0.6) is 28.7 Å². The zero-order chi connectivity index (χ0) is 58.7. The fraction of sp³-hybridized carbons (Fsp3) is 0.455. The molecule has 14 heteroatoms. The Hall–Kier alpha value is -7.48. The van der Waals surface area contributed by atoms with Crippen molar-refractivity contribution >= 4 is 35.3 Å². The van der Waals surface area contributed by atoms with Crippen molar-refractivity contribution in [3.8, 4) is 28.7 Å². The quantitative estimate of drug-likeness (QED) is 0.0510. The monoisotopic (exact) mass is 1090 g/mol. The molecule has 0 spiro atoms. The van der Waals surface area contributed by atoms with Crippen molar-refractivity contribution in [1.29, 1.82) is 0 Å². The lowest BCUT2D eigenvalue weighted by Gasteiger charge is -2.37. The van der Waals surface area contributed by atoms with Crippen LogP contribution in [-0.2, 0) is 44.6 Å². The van der Waals surface area contributed by atoms with Gasteiger partial charge in [-0.2, -0.15) is 0 Å². The summed E-state index contributed by atoms with van der Waals surface area (Å²) in [5, 5.41) is 0. The van der Waals surface area contributed by atoms with Gasteiger partial charge in [0.1, 0.15) is 48.3 Å². The van der Waals surface area contributed by atoms with Gasteiger partial charge >= 0.3 is 17.9 Å². The molecule has 2 fully saturated rings. The van der Waals surface area contributed by atoms with Crippen molar-refractivity contribution in [3.05, 3.63) is 148 Å². The van der Waals surface area contributed by atoms with E-state index in [0.29, 0.717) is 59.0 Å². The molecule has 3 heterocycles. The van der Waals surface area contributed by atoms with E-state index in [1.807, 2.05) is 78.8 Å². The van der Waals surface area contributed by atoms with E-state index in [-0.39, 0.29) is 89.3 Å². The van der Waals surface area contributed by atoms with E-state index in [9.17, 15) is 28.8 Å². The van der Waals surface area contributed by atoms with Gasteiger partial charge in [-0.25, -0.2) is 4.79 Å². The van der Waals surface area contributed by atoms with Crippen LogP contribution in [0, 0.1) is 34.5 Å². The number of Topliss-reactive ketones (excluding diaryl/α,β-unsaturated/α-hetero) is 3. The van der Waals surface area contributed by atoms with Gasteiger partial charge < -0.3 is 37.9 Å². The molecule has 0 N–H and O–H groups in total. The first-order valence-corrected chi connectivity index (χ1v) is 27.3. The standard InChI is InChI=1S/C23H22O6.C22H28O5.C21H28O3/c1-11(2)16-8-14-15(28-16)6-5-12-22(24)21-13-7-18(25-3)19(26-4)9-17(13)27-10-20(21)29-23(12)14;1-7-8-9-10-15-14(3)18(12-17(15)23)27-21(25)19-16(22(19,4)5)11-13(2)20(24)26-6;1-7-8-9-10-15-14(4)18(12-17(15)22)24-20(23)19-16(11-13(2)3)21(19,5)6/h5-7,9,16,20-21H,1,8,10H2,2-4H3;7-9,11,16,18-19H,1,10,12H2,2-6H3;7-9,11,16,18-19H,1,10,12H2,2-6H3/b;9-8+,13-11+;9-8-/t16-,20-,21+;2*16-,18+,19+/m111/s1. The van der Waals surface area contributed by atoms with Crippen molar-refractivity contribution in [2.24, 2.45) is 34.5 Å². The van der Waals surface area contributed by atoms with Crippen molar-refractivity contribution in [3.63, 3.8) is 0 Å². The minimum Gasteiger partial charge on any atom is -0.493 e. The normalized spacial score (nSPS) is 26.1. The third-order valence-corrected chi connectivity index (χ3v) is 16.7. The van der Waals surface area contributed by atoms with Crippen LogP contribution in [0.15, 0.2) is 132 Å². The van der Waals surface area contributed by atoms with Gasteiger partial charge in [-0.05, 0) is 112 Å². The predicted octanol–water partition coefficient (Wildman–Crippen LogP) is 12.0. The number of allylic oxidation sites excluding steroid dienone is 11. The molecule has 0 saturated heterocycles. The number of hydrogen-bond donors (Lipinski definition) is 0. The summed E-state index contributed by atoms with van der Waals surface area (Å²) in [4.78, 5) is 74.8. The second-order valence-corrected chi connectivity index (χ2v) is 23.0. The second kappa shape index (κ2) is 24.5. The first-order chi connectivity index (χ1) is 37.9.